The van der Waals surface area contributed by atoms with Crippen LogP contribution in [0.4, 0.5) is 5.69 Å². The van der Waals surface area contributed by atoms with Crippen LogP contribution in [0.25, 0.3) is 11.1 Å². The van der Waals surface area contributed by atoms with Crippen molar-refractivity contribution in [3.05, 3.63) is 64.8 Å². The van der Waals surface area contributed by atoms with Gasteiger partial charge in [0.05, 0.1) is 13.3 Å². The number of benzene rings is 1. The monoisotopic (exact) mass is 406 g/mol. The van der Waals surface area contributed by atoms with E-state index in [0.29, 0.717) is 24.2 Å². The van der Waals surface area contributed by atoms with Gasteiger partial charge in [-0.15, -0.1) is 0 Å². The van der Waals surface area contributed by atoms with E-state index in [4.69, 9.17) is 4.74 Å². The lowest BCUT2D eigenvalue weighted by atomic mass is 9.81. The Labute approximate surface area is 177 Å². The van der Waals surface area contributed by atoms with Crippen molar-refractivity contribution in [3.8, 4) is 16.9 Å². The number of pyridine rings is 1. The van der Waals surface area contributed by atoms with Gasteiger partial charge in [-0.3, -0.25) is 9.48 Å². The number of nitrogens with zero attached hydrogens (tertiary/aromatic N) is 3. The van der Waals surface area contributed by atoms with Crippen molar-refractivity contribution in [2.75, 3.05) is 12.4 Å². The minimum absolute atomic E-state index is 0.0439. The molecule has 0 amide bonds. The van der Waals surface area contributed by atoms with E-state index >= 15 is 0 Å². The molecule has 1 aliphatic rings. The van der Waals surface area contributed by atoms with Gasteiger partial charge in [0.15, 0.2) is 0 Å². The first-order valence-corrected chi connectivity index (χ1v) is 10.7. The van der Waals surface area contributed by atoms with Gasteiger partial charge in [0.1, 0.15) is 11.4 Å². The zero-order valence-corrected chi connectivity index (χ0v) is 18.0. The fraction of sp³-hybridized carbons (Fsp3) is 0.417. The molecule has 1 N–H and O–H groups in total. The van der Waals surface area contributed by atoms with Crippen LogP contribution in [0.2, 0.25) is 0 Å². The third kappa shape index (κ3) is 4.27. The van der Waals surface area contributed by atoms with E-state index < -0.39 is 0 Å². The van der Waals surface area contributed by atoms with Gasteiger partial charge < -0.3 is 14.6 Å². The molecule has 0 spiro atoms. The molecule has 30 heavy (non-hydrogen) atoms. The van der Waals surface area contributed by atoms with Crippen molar-refractivity contribution in [2.24, 2.45) is 7.05 Å². The molecular weight excluding hydrogens is 376 g/mol. The second kappa shape index (κ2) is 8.78. The SMILES string of the molecule is CCn1cc(-c2cnn(C)c2)cc(NC2CCC(c3ccc(OC)cc3)CC2)c1=O. The molecule has 0 atom stereocenters. The molecule has 158 valence electrons. The highest BCUT2D eigenvalue weighted by Gasteiger charge is 2.23. The lowest BCUT2D eigenvalue weighted by Crippen LogP contribution is -2.30. The van der Waals surface area contributed by atoms with Gasteiger partial charge in [-0.05, 0) is 62.3 Å². The highest BCUT2D eigenvalue weighted by Crippen LogP contribution is 2.34. The van der Waals surface area contributed by atoms with Gasteiger partial charge in [-0.25, -0.2) is 0 Å². The predicted molar refractivity (Wildman–Crippen MR) is 120 cm³/mol. The van der Waals surface area contributed by atoms with Gasteiger partial charge in [0.2, 0.25) is 0 Å². The largest absolute Gasteiger partial charge is 0.497 e. The maximum Gasteiger partial charge on any atom is 0.273 e. The van der Waals surface area contributed by atoms with E-state index in [1.807, 2.05) is 50.8 Å². The Hall–Kier alpha value is -3.02. The summed E-state index contributed by atoms with van der Waals surface area (Å²) in [4.78, 5) is 12.9. The molecule has 1 fully saturated rings. The summed E-state index contributed by atoms with van der Waals surface area (Å²) in [6.07, 6.45) is 10.1. The minimum Gasteiger partial charge on any atom is -0.497 e. The molecule has 0 radical (unpaired) electrons. The topological polar surface area (TPSA) is 61.1 Å². The molecule has 3 aromatic rings. The van der Waals surface area contributed by atoms with Gasteiger partial charge in [-0.2, -0.15) is 5.10 Å². The lowest BCUT2D eigenvalue weighted by Gasteiger charge is -2.30. The van der Waals surface area contributed by atoms with Gasteiger partial charge in [-0.1, -0.05) is 12.1 Å². The summed E-state index contributed by atoms with van der Waals surface area (Å²) >= 11 is 0. The maximum absolute atomic E-state index is 12.9. The molecule has 0 aliphatic heterocycles. The Balaban J connectivity index is 1.47. The third-order valence-electron chi connectivity index (χ3n) is 6.14. The lowest BCUT2D eigenvalue weighted by molar-refractivity contribution is 0.406. The highest BCUT2D eigenvalue weighted by molar-refractivity contribution is 5.65. The van der Waals surface area contributed by atoms with Crippen LogP contribution in [0.3, 0.4) is 0 Å². The molecule has 1 aliphatic carbocycles. The Morgan fingerprint density at radius 3 is 2.43 bits per heavy atom. The van der Waals surface area contributed by atoms with Crippen molar-refractivity contribution in [3.63, 3.8) is 0 Å². The third-order valence-corrected chi connectivity index (χ3v) is 6.14. The second-order valence-corrected chi connectivity index (χ2v) is 8.10. The molecule has 2 heterocycles. The summed E-state index contributed by atoms with van der Waals surface area (Å²) in [6, 6.07) is 10.7. The maximum atomic E-state index is 12.9. The number of aromatic nitrogens is 3. The number of aryl methyl sites for hydroxylation is 2. The smallest absolute Gasteiger partial charge is 0.273 e. The summed E-state index contributed by atoms with van der Waals surface area (Å²) in [5, 5.41) is 7.82. The molecule has 1 saturated carbocycles. The molecule has 6 nitrogen and oxygen atoms in total. The van der Waals surface area contributed by atoms with Gasteiger partial charge >= 0.3 is 0 Å². The first kappa shape index (κ1) is 20.3. The minimum atomic E-state index is 0.0439. The van der Waals surface area contributed by atoms with Crippen LogP contribution in [-0.2, 0) is 13.6 Å². The van der Waals surface area contributed by atoms with Crippen molar-refractivity contribution >= 4 is 5.69 Å². The zero-order valence-electron chi connectivity index (χ0n) is 18.0. The van der Waals surface area contributed by atoms with Crippen molar-refractivity contribution in [1.82, 2.24) is 14.3 Å². The first-order valence-electron chi connectivity index (χ1n) is 10.7. The van der Waals surface area contributed by atoms with Crippen LogP contribution in [0.1, 0.15) is 44.1 Å². The number of hydrogen-bond donors (Lipinski definition) is 1. The van der Waals surface area contributed by atoms with Crippen LogP contribution in [0, 0.1) is 0 Å². The molecule has 6 heteroatoms. The molecule has 4 rings (SSSR count). The van der Waals surface area contributed by atoms with Gasteiger partial charge in [0, 0.05) is 43.2 Å². The van der Waals surface area contributed by atoms with E-state index in [9.17, 15) is 4.79 Å². The summed E-state index contributed by atoms with van der Waals surface area (Å²) in [7, 11) is 3.60. The number of methoxy groups -OCH3 is 1. The second-order valence-electron chi connectivity index (χ2n) is 8.10. The molecule has 1 aromatic carbocycles. The predicted octanol–water partition coefficient (Wildman–Crippen LogP) is 4.42. The molecule has 0 unspecified atom stereocenters. The van der Waals surface area contributed by atoms with Crippen molar-refractivity contribution < 1.29 is 4.74 Å². The first-order chi connectivity index (χ1) is 14.6. The molecule has 2 aromatic heterocycles. The summed E-state index contributed by atoms with van der Waals surface area (Å²) in [6.45, 7) is 2.64. The summed E-state index contributed by atoms with van der Waals surface area (Å²) in [5.41, 5.74) is 4.14. The number of rotatable bonds is 6. The van der Waals surface area contributed by atoms with E-state index in [1.54, 1.807) is 16.4 Å². The fourth-order valence-corrected chi connectivity index (χ4v) is 4.37. The van der Waals surface area contributed by atoms with Crippen LogP contribution in [-0.4, -0.2) is 27.5 Å². The standard InChI is InChI=1S/C24H30N4O2/c1-4-28-16-19(20-14-25-27(2)15-20)13-23(24(28)29)26-21-9-5-17(6-10-21)18-7-11-22(30-3)12-8-18/h7-8,11-17,21,26H,4-6,9-10H2,1-3H3. The zero-order chi connectivity index (χ0) is 21.1. The average Bonchev–Trinajstić information content (AvgIpc) is 3.22. The summed E-state index contributed by atoms with van der Waals surface area (Å²) < 4.78 is 8.82. The van der Waals surface area contributed by atoms with E-state index in [-0.39, 0.29) is 5.56 Å². The number of hydrogen-bond acceptors (Lipinski definition) is 4. The highest BCUT2D eigenvalue weighted by atomic mass is 16.5. The number of ether oxygens (including phenoxy) is 1. The molecular formula is C24H30N4O2. The Kier molecular flexibility index (Phi) is 5.93. The summed E-state index contributed by atoms with van der Waals surface area (Å²) in [5.74, 6) is 1.47. The Morgan fingerprint density at radius 2 is 1.83 bits per heavy atom. The fourth-order valence-electron chi connectivity index (χ4n) is 4.37. The van der Waals surface area contributed by atoms with Gasteiger partial charge in [0.25, 0.3) is 5.56 Å². The molecule has 0 bridgehead atoms. The van der Waals surface area contributed by atoms with Crippen LogP contribution < -0.4 is 15.6 Å². The van der Waals surface area contributed by atoms with Crippen LogP contribution in [0.15, 0.2) is 53.7 Å². The molecule has 0 saturated heterocycles. The Bertz CT molecular complexity index is 1040. The van der Waals surface area contributed by atoms with Crippen molar-refractivity contribution in [2.45, 2.75) is 51.1 Å². The quantitative estimate of drug-likeness (QED) is 0.658. The van der Waals surface area contributed by atoms with E-state index in [1.165, 1.54) is 5.56 Å². The Morgan fingerprint density at radius 1 is 1.10 bits per heavy atom. The average molecular weight is 407 g/mol. The van der Waals surface area contributed by atoms with Crippen LogP contribution >= 0.6 is 0 Å². The number of nitrogens with one attached hydrogen (secondary N) is 1. The van der Waals surface area contributed by atoms with E-state index in [2.05, 4.69) is 22.5 Å². The normalized spacial score (nSPS) is 18.9. The van der Waals surface area contributed by atoms with E-state index in [0.717, 1.165) is 42.6 Å². The number of anilines is 1. The van der Waals surface area contributed by atoms with Crippen molar-refractivity contribution in [1.29, 1.82) is 0 Å². The van der Waals surface area contributed by atoms with Crippen LogP contribution in [0.5, 0.6) is 5.75 Å².